The molecule has 0 saturated carbocycles. The van der Waals surface area contributed by atoms with Crippen LogP contribution in [0.2, 0.25) is 0 Å². The van der Waals surface area contributed by atoms with Crippen LogP contribution in [-0.2, 0) is 0 Å². The third kappa shape index (κ3) is 3.09. The number of hydrogen-bond acceptors (Lipinski definition) is 3. The highest BCUT2D eigenvalue weighted by molar-refractivity contribution is 7.80. The van der Waals surface area contributed by atoms with Crippen molar-refractivity contribution in [3.8, 4) is 0 Å². The van der Waals surface area contributed by atoms with E-state index in [1.807, 2.05) is 13.8 Å². The van der Waals surface area contributed by atoms with E-state index in [2.05, 4.69) is 9.80 Å². The topological polar surface area (TPSA) is 32.5 Å². The van der Waals surface area contributed by atoms with Gasteiger partial charge in [-0.1, -0.05) is 12.2 Å². The van der Waals surface area contributed by atoms with Crippen molar-refractivity contribution in [3.05, 3.63) is 0 Å². The first kappa shape index (κ1) is 12.8. The Morgan fingerprint density at radius 3 is 2.27 bits per heavy atom. The molecule has 0 atom stereocenters. The number of nitrogens with two attached hydrogens (primary N) is 1. The van der Waals surface area contributed by atoms with Gasteiger partial charge in [-0.3, -0.25) is 9.80 Å². The van der Waals surface area contributed by atoms with Crippen LogP contribution in [0.4, 0.5) is 4.39 Å². The molecule has 1 heterocycles. The zero-order valence-corrected chi connectivity index (χ0v) is 10.3. The van der Waals surface area contributed by atoms with Crippen LogP contribution in [0.3, 0.4) is 0 Å². The highest BCUT2D eigenvalue weighted by atomic mass is 32.1. The van der Waals surface area contributed by atoms with Gasteiger partial charge in [-0.25, -0.2) is 4.39 Å². The summed E-state index contributed by atoms with van der Waals surface area (Å²) in [4.78, 5) is 4.93. The van der Waals surface area contributed by atoms with Crippen molar-refractivity contribution in [1.82, 2.24) is 9.80 Å². The smallest absolute Gasteiger partial charge is 0.102 e. The summed E-state index contributed by atoms with van der Waals surface area (Å²) in [6.45, 7) is 7.97. The molecule has 0 aliphatic carbocycles. The number of thiocarbonyl (C=S) groups is 1. The zero-order valence-electron chi connectivity index (χ0n) is 9.50. The molecule has 2 N–H and O–H groups in total. The van der Waals surface area contributed by atoms with Crippen LogP contribution in [0.25, 0.3) is 0 Å². The van der Waals surface area contributed by atoms with Gasteiger partial charge in [0.1, 0.15) is 6.67 Å². The van der Waals surface area contributed by atoms with Gasteiger partial charge in [-0.2, -0.15) is 0 Å². The molecule has 88 valence electrons. The monoisotopic (exact) mass is 233 g/mol. The lowest BCUT2D eigenvalue weighted by Crippen LogP contribution is -2.59. The predicted octanol–water partition coefficient (Wildman–Crippen LogP) is 0.638. The van der Waals surface area contributed by atoms with Crippen LogP contribution in [0.1, 0.15) is 13.8 Å². The van der Waals surface area contributed by atoms with Gasteiger partial charge in [0.15, 0.2) is 0 Å². The lowest BCUT2D eigenvalue weighted by Gasteiger charge is -2.43. The van der Waals surface area contributed by atoms with Crippen LogP contribution in [0, 0.1) is 0 Å². The second-order valence-corrected chi connectivity index (χ2v) is 4.88. The Morgan fingerprint density at radius 1 is 1.33 bits per heavy atom. The summed E-state index contributed by atoms with van der Waals surface area (Å²) in [6.07, 6.45) is 0. The molecule has 0 radical (unpaired) electrons. The molecule has 0 spiro atoms. The first-order chi connectivity index (χ1) is 6.98. The molecule has 0 unspecified atom stereocenters. The van der Waals surface area contributed by atoms with Crippen LogP contribution in [0.15, 0.2) is 0 Å². The molecule has 5 heteroatoms. The van der Waals surface area contributed by atoms with E-state index in [9.17, 15) is 4.39 Å². The summed E-state index contributed by atoms with van der Waals surface area (Å²) in [5.41, 5.74) is 5.49. The Morgan fingerprint density at radius 2 is 1.87 bits per heavy atom. The first-order valence-corrected chi connectivity index (χ1v) is 5.72. The fourth-order valence-corrected chi connectivity index (χ4v) is 1.93. The fourth-order valence-electron chi connectivity index (χ4n) is 1.81. The normalized spacial score (nSPS) is 20.5. The molecule has 1 fully saturated rings. The van der Waals surface area contributed by atoms with Crippen molar-refractivity contribution in [3.63, 3.8) is 0 Å². The maximum Gasteiger partial charge on any atom is 0.102 e. The third-order valence-electron chi connectivity index (χ3n) is 3.17. The Hall–Kier alpha value is -0.260. The quantitative estimate of drug-likeness (QED) is 0.722. The predicted molar refractivity (Wildman–Crippen MR) is 64.9 cm³/mol. The van der Waals surface area contributed by atoms with Gasteiger partial charge in [-0.05, 0) is 13.8 Å². The molecule has 0 aromatic rings. The largest absolute Gasteiger partial charge is 0.392 e. The van der Waals surface area contributed by atoms with E-state index >= 15 is 0 Å². The molecule has 1 rings (SSSR count). The number of nitrogens with zero attached hydrogens (tertiary/aromatic N) is 2. The number of alkyl halides is 1. The molecule has 1 aliphatic heterocycles. The van der Waals surface area contributed by atoms with Crippen LogP contribution in [0.5, 0.6) is 0 Å². The Balaban J connectivity index is 2.46. The summed E-state index contributed by atoms with van der Waals surface area (Å²) < 4.78 is 12.1. The van der Waals surface area contributed by atoms with Gasteiger partial charge >= 0.3 is 0 Å². The summed E-state index contributed by atoms with van der Waals surface area (Å²) in [5.74, 6) is 0. The lowest BCUT2D eigenvalue weighted by molar-refractivity contribution is 0.0826. The minimum Gasteiger partial charge on any atom is -0.392 e. The van der Waals surface area contributed by atoms with Crippen molar-refractivity contribution in [1.29, 1.82) is 0 Å². The first-order valence-electron chi connectivity index (χ1n) is 5.31. The van der Waals surface area contributed by atoms with Crippen LogP contribution >= 0.6 is 12.2 Å². The lowest BCUT2D eigenvalue weighted by atomic mass is 10.0. The van der Waals surface area contributed by atoms with Crippen LogP contribution < -0.4 is 5.73 Å². The highest BCUT2D eigenvalue weighted by Gasteiger charge is 2.31. The van der Waals surface area contributed by atoms with Gasteiger partial charge in [0.05, 0.1) is 10.5 Å². The van der Waals surface area contributed by atoms with E-state index in [4.69, 9.17) is 18.0 Å². The van der Waals surface area contributed by atoms with Gasteiger partial charge in [-0.15, -0.1) is 0 Å². The van der Waals surface area contributed by atoms with Crippen molar-refractivity contribution in [2.24, 2.45) is 5.73 Å². The molecular weight excluding hydrogens is 213 g/mol. The van der Waals surface area contributed by atoms with Gasteiger partial charge in [0.25, 0.3) is 0 Å². The molecule has 0 amide bonds. The second-order valence-electron chi connectivity index (χ2n) is 4.44. The SMILES string of the molecule is CC(C)(C(N)=S)N1CCN(CCF)CC1. The van der Waals surface area contributed by atoms with E-state index in [0.29, 0.717) is 11.5 Å². The van der Waals surface area contributed by atoms with Gasteiger partial charge in [0.2, 0.25) is 0 Å². The minimum absolute atomic E-state index is 0.225. The minimum atomic E-state index is -0.265. The summed E-state index contributed by atoms with van der Waals surface area (Å²) >= 11 is 5.06. The molecule has 1 saturated heterocycles. The number of hydrogen-bond donors (Lipinski definition) is 1. The fraction of sp³-hybridized carbons (Fsp3) is 0.900. The molecule has 1 aliphatic rings. The summed E-state index contributed by atoms with van der Waals surface area (Å²) in [6, 6.07) is 0. The van der Waals surface area contributed by atoms with E-state index < -0.39 is 0 Å². The van der Waals surface area contributed by atoms with E-state index in [1.54, 1.807) is 0 Å². The number of piperazine rings is 1. The van der Waals surface area contributed by atoms with Crippen molar-refractivity contribution in [2.45, 2.75) is 19.4 Å². The average Bonchev–Trinajstić information content (AvgIpc) is 2.19. The maximum absolute atomic E-state index is 12.1. The zero-order chi connectivity index (χ0) is 11.5. The number of rotatable bonds is 4. The molecular formula is C10H20FN3S. The maximum atomic E-state index is 12.1. The van der Waals surface area contributed by atoms with Crippen LogP contribution in [-0.4, -0.2) is 59.7 Å². The molecule has 0 aromatic carbocycles. The Bertz CT molecular complexity index is 225. The van der Waals surface area contributed by atoms with Crippen molar-refractivity contribution >= 4 is 17.2 Å². The standard InChI is InChI=1S/C10H20FN3S/c1-10(2,9(12)15)14-7-5-13(4-3-11)6-8-14/h3-8H2,1-2H3,(H2,12,15). The van der Waals surface area contributed by atoms with Crippen molar-refractivity contribution in [2.75, 3.05) is 39.4 Å². The Labute approximate surface area is 96.4 Å². The molecule has 15 heavy (non-hydrogen) atoms. The van der Waals surface area contributed by atoms with E-state index in [-0.39, 0.29) is 12.2 Å². The number of halogens is 1. The second kappa shape index (κ2) is 5.18. The Kier molecular flexibility index (Phi) is 4.43. The molecule has 0 aromatic heterocycles. The average molecular weight is 233 g/mol. The van der Waals surface area contributed by atoms with E-state index in [0.717, 1.165) is 26.2 Å². The highest BCUT2D eigenvalue weighted by Crippen LogP contribution is 2.17. The third-order valence-corrected chi connectivity index (χ3v) is 3.67. The summed E-state index contributed by atoms with van der Waals surface area (Å²) in [7, 11) is 0. The molecule has 0 bridgehead atoms. The summed E-state index contributed by atoms with van der Waals surface area (Å²) in [5, 5.41) is 0. The van der Waals surface area contributed by atoms with Crippen molar-refractivity contribution < 1.29 is 4.39 Å². The van der Waals surface area contributed by atoms with E-state index in [1.165, 1.54) is 0 Å². The van der Waals surface area contributed by atoms with Gasteiger partial charge in [0, 0.05) is 32.7 Å². The molecule has 3 nitrogen and oxygen atoms in total. The van der Waals surface area contributed by atoms with Gasteiger partial charge < -0.3 is 5.73 Å².